The van der Waals surface area contributed by atoms with Gasteiger partial charge in [0.25, 0.3) is 0 Å². The minimum Gasteiger partial charge on any atom is -0.469 e. The molecule has 2 rings (SSSR count). The van der Waals surface area contributed by atoms with E-state index in [1.165, 1.54) is 7.11 Å². The number of hydrogen-bond donors (Lipinski definition) is 2. The molecule has 0 aromatic heterocycles. The molecular weight excluding hydrogens is 507 g/mol. The Balaban J connectivity index is 0.00000420. The predicted molar refractivity (Wildman–Crippen MR) is 125 cm³/mol. The summed E-state index contributed by atoms with van der Waals surface area (Å²) in [5, 5.41) is 3.20. The quantitative estimate of drug-likeness (QED) is 0.226. The summed E-state index contributed by atoms with van der Waals surface area (Å²) in [5.74, 6) is 0.362. The van der Waals surface area contributed by atoms with Crippen LogP contribution in [-0.4, -0.2) is 64.3 Å². The first-order valence-corrected chi connectivity index (χ1v) is 11.2. The van der Waals surface area contributed by atoms with Crippen LogP contribution in [-0.2, 0) is 26.1 Å². The van der Waals surface area contributed by atoms with Gasteiger partial charge in [0.15, 0.2) is 5.96 Å². The number of benzene rings is 1. The van der Waals surface area contributed by atoms with E-state index in [9.17, 15) is 13.2 Å². The van der Waals surface area contributed by atoms with E-state index in [0.29, 0.717) is 38.4 Å². The molecule has 0 spiro atoms. The maximum atomic E-state index is 12.2. The zero-order valence-corrected chi connectivity index (χ0v) is 20.1. The maximum absolute atomic E-state index is 12.2. The van der Waals surface area contributed by atoms with Crippen molar-refractivity contribution in [2.24, 2.45) is 10.9 Å². The highest BCUT2D eigenvalue weighted by Gasteiger charge is 2.27. The van der Waals surface area contributed by atoms with Gasteiger partial charge in [-0.2, -0.15) is 0 Å². The summed E-state index contributed by atoms with van der Waals surface area (Å²) < 4.78 is 31.8. The smallest absolute Gasteiger partial charge is 0.308 e. The summed E-state index contributed by atoms with van der Waals surface area (Å²) in [7, 11) is -2.00. The fourth-order valence-corrected chi connectivity index (χ4v) is 3.92. The second kappa shape index (κ2) is 13.0. The van der Waals surface area contributed by atoms with Gasteiger partial charge in [0.1, 0.15) is 0 Å². The normalized spacial score (nSPS) is 15.5. The first kappa shape index (κ1) is 25.6. The van der Waals surface area contributed by atoms with Crippen LogP contribution in [0.1, 0.15) is 25.3 Å². The number of piperidine rings is 1. The van der Waals surface area contributed by atoms with Gasteiger partial charge in [0.2, 0.25) is 10.0 Å². The molecule has 1 saturated heterocycles. The first-order chi connectivity index (χ1) is 13.4. The predicted octanol–water partition coefficient (Wildman–Crippen LogP) is 1.57. The van der Waals surface area contributed by atoms with E-state index in [2.05, 4.69) is 19.9 Å². The molecule has 0 aliphatic carbocycles. The molecule has 1 fully saturated rings. The molecule has 0 unspecified atom stereocenters. The maximum Gasteiger partial charge on any atom is 0.308 e. The van der Waals surface area contributed by atoms with Crippen molar-refractivity contribution >= 4 is 45.9 Å². The Kier molecular flexibility index (Phi) is 11.5. The lowest BCUT2D eigenvalue weighted by molar-refractivity contribution is -0.146. The molecule has 0 saturated carbocycles. The third-order valence-electron chi connectivity index (χ3n) is 4.62. The van der Waals surface area contributed by atoms with Crippen molar-refractivity contribution in [2.75, 3.05) is 39.0 Å². The molecule has 10 heteroatoms. The molecule has 1 heterocycles. The van der Waals surface area contributed by atoms with E-state index in [0.717, 1.165) is 5.56 Å². The lowest BCUT2D eigenvalue weighted by Crippen LogP contribution is -2.47. The summed E-state index contributed by atoms with van der Waals surface area (Å²) >= 11 is 0. The van der Waals surface area contributed by atoms with Crippen LogP contribution in [0, 0.1) is 5.92 Å². The third kappa shape index (κ3) is 8.87. The van der Waals surface area contributed by atoms with Crippen molar-refractivity contribution in [3.63, 3.8) is 0 Å². The Morgan fingerprint density at radius 2 is 1.90 bits per heavy atom. The van der Waals surface area contributed by atoms with Crippen molar-refractivity contribution in [2.45, 2.75) is 26.3 Å². The fourth-order valence-electron chi connectivity index (χ4n) is 3.05. The summed E-state index contributed by atoms with van der Waals surface area (Å²) in [6, 6.07) is 9.40. The number of nitrogens with one attached hydrogen (secondary N) is 2. The Morgan fingerprint density at radius 1 is 1.24 bits per heavy atom. The van der Waals surface area contributed by atoms with Gasteiger partial charge in [-0.05, 0) is 25.3 Å². The highest BCUT2D eigenvalue weighted by molar-refractivity contribution is 14.0. The lowest BCUT2D eigenvalue weighted by atomic mass is 9.97. The van der Waals surface area contributed by atoms with Crippen LogP contribution in [0.5, 0.6) is 0 Å². The molecular formula is C19H31IN4O4S. The lowest BCUT2D eigenvalue weighted by Gasteiger charge is -2.33. The number of aliphatic imine (C=N–C) groups is 1. The average molecular weight is 538 g/mol. The summed E-state index contributed by atoms with van der Waals surface area (Å²) in [6.45, 7) is 4.47. The molecule has 1 aromatic carbocycles. The zero-order valence-electron chi connectivity index (χ0n) is 17.0. The first-order valence-electron chi connectivity index (χ1n) is 9.57. The number of likely N-dealkylation sites (tertiary alicyclic amines) is 1. The van der Waals surface area contributed by atoms with Gasteiger partial charge < -0.3 is 15.0 Å². The number of hydrogen-bond acceptors (Lipinski definition) is 5. The molecule has 1 aromatic rings. The minimum atomic E-state index is -3.41. The number of nitrogens with zero attached hydrogens (tertiary/aromatic N) is 2. The van der Waals surface area contributed by atoms with Crippen LogP contribution in [0.3, 0.4) is 0 Å². The minimum absolute atomic E-state index is 0. The molecule has 29 heavy (non-hydrogen) atoms. The van der Waals surface area contributed by atoms with Gasteiger partial charge in [-0.3, -0.25) is 9.79 Å². The van der Waals surface area contributed by atoms with Gasteiger partial charge in [0, 0.05) is 26.2 Å². The Morgan fingerprint density at radius 3 is 2.48 bits per heavy atom. The number of methoxy groups -OCH3 is 1. The van der Waals surface area contributed by atoms with E-state index < -0.39 is 10.0 Å². The number of carbonyl (C=O) groups is 1. The van der Waals surface area contributed by atoms with Crippen molar-refractivity contribution < 1.29 is 17.9 Å². The van der Waals surface area contributed by atoms with Crippen molar-refractivity contribution in [1.82, 2.24) is 14.9 Å². The van der Waals surface area contributed by atoms with Crippen LogP contribution in [0.2, 0.25) is 0 Å². The Bertz CT molecular complexity index is 751. The van der Waals surface area contributed by atoms with Crippen molar-refractivity contribution in [3.05, 3.63) is 35.9 Å². The molecule has 0 amide bonds. The highest BCUT2D eigenvalue weighted by atomic mass is 127. The Labute approximate surface area is 190 Å². The number of sulfonamides is 1. The Hall–Kier alpha value is -1.40. The van der Waals surface area contributed by atoms with Gasteiger partial charge in [-0.1, -0.05) is 30.3 Å². The average Bonchev–Trinajstić information content (AvgIpc) is 2.72. The number of carbonyl (C=O) groups excluding carboxylic acids is 1. The van der Waals surface area contributed by atoms with Crippen LogP contribution in [0.25, 0.3) is 0 Å². The van der Waals surface area contributed by atoms with Crippen LogP contribution in [0.4, 0.5) is 0 Å². The van der Waals surface area contributed by atoms with Gasteiger partial charge in [0.05, 0.1) is 25.3 Å². The summed E-state index contributed by atoms with van der Waals surface area (Å²) in [4.78, 5) is 18.2. The summed E-state index contributed by atoms with van der Waals surface area (Å²) in [5.41, 5.74) is 0.913. The molecule has 8 nitrogen and oxygen atoms in total. The van der Waals surface area contributed by atoms with Crippen molar-refractivity contribution in [1.29, 1.82) is 0 Å². The number of ether oxygens (including phenoxy) is 1. The fraction of sp³-hybridized carbons (Fsp3) is 0.579. The van der Waals surface area contributed by atoms with E-state index in [1.54, 1.807) is 0 Å². The third-order valence-corrected chi connectivity index (χ3v) is 5.93. The van der Waals surface area contributed by atoms with Crippen molar-refractivity contribution in [3.8, 4) is 0 Å². The largest absolute Gasteiger partial charge is 0.469 e. The molecule has 0 radical (unpaired) electrons. The monoisotopic (exact) mass is 538 g/mol. The summed E-state index contributed by atoms with van der Waals surface area (Å²) in [6.07, 6.45) is 1.40. The SMILES string of the molecule is CCNC(=NCCS(=O)(=O)NCc1ccccc1)N1CCC(C(=O)OC)CC1.I. The molecule has 0 atom stereocenters. The zero-order chi connectivity index (χ0) is 20.4. The number of guanidine groups is 1. The number of halogens is 1. The standard InChI is InChI=1S/C19H30N4O4S.HI/c1-3-20-19(23-12-9-17(10-13-23)18(24)27-2)21-11-14-28(25,26)22-15-16-7-5-4-6-8-16;/h4-8,17,22H,3,9-15H2,1-2H3,(H,20,21);1H. The van der Waals surface area contributed by atoms with E-state index >= 15 is 0 Å². The van der Waals surface area contributed by atoms with E-state index in [1.807, 2.05) is 37.3 Å². The van der Waals surface area contributed by atoms with Crippen LogP contribution < -0.4 is 10.0 Å². The van der Waals surface area contributed by atoms with Crippen LogP contribution in [0.15, 0.2) is 35.3 Å². The number of esters is 1. The van der Waals surface area contributed by atoms with E-state index in [4.69, 9.17) is 4.74 Å². The van der Waals surface area contributed by atoms with Gasteiger partial charge in [-0.15, -0.1) is 24.0 Å². The molecule has 164 valence electrons. The topological polar surface area (TPSA) is 100 Å². The molecule has 1 aliphatic heterocycles. The second-order valence-electron chi connectivity index (χ2n) is 6.65. The van der Waals surface area contributed by atoms with Gasteiger partial charge in [-0.25, -0.2) is 13.1 Å². The molecule has 1 aliphatic rings. The van der Waals surface area contributed by atoms with Gasteiger partial charge >= 0.3 is 5.97 Å². The molecule has 2 N–H and O–H groups in total. The number of rotatable bonds is 8. The van der Waals surface area contributed by atoms with E-state index in [-0.39, 0.29) is 54.7 Å². The van der Waals surface area contributed by atoms with Crippen LogP contribution >= 0.6 is 24.0 Å². The molecule has 0 bridgehead atoms. The second-order valence-corrected chi connectivity index (χ2v) is 8.57. The highest BCUT2D eigenvalue weighted by Crippen LogP contribution is 2.18.